The number of fused-ring (bicyclic) bond motifs is 3. The van der Waals surface area contributed by atoms with Gasteiger partial charge < -0.3 is 10.7 Å². The van der Waals surface area contributed by atoms with E-state index >= 15 is 0 Å². The number of rotatable bonds is 1. The van der Waals surface area contributed by atoms with E-state index in [9.17, 15) is 4.79 Å². The number of nitrogens with one attached hydrogen (secondary N) is 1. The number of hydrogen-bond acceptors (Lipinski definition) is 3. The summed E-state index contributed by atoms with van der Waals surface area (Å²) >= 11 is 0. The van der Waals surface area contributed by atoms with Gasteiger partial charge >= 0.3 is 0 Å². The maximum Gasteiger partial charge on any atom is 0.264 e. The molecule has 0 radical (unpaired) electrons. The maximum absolute atomic E-state index is 12.1. The molecule has 84 valence electrons. The second kappa shape index (κ2) is 3.45. The van der Waals surface area contributed by atoms with E-state index in [-0.39, 0.29) is 12.2 Å². The fourth-order valence-corrected chi connectivity index (χ4v) is 2.45. The van der Waals surface area contributed by atoms with Gasteiger partial charge in [0.25, 0.3) is 5.56 Å². The normalized spacial score (nSPS) is 15.3. The summed E-state index contributed by atoms with van der Waals surface area (Å²) in [6.07, 6.45) is 5.84. The zero-order chi connectivity index (χ0) is 11.1. The van der Waals surface area contributed by atoms with Crippen molar-refractivity contribution in [1.29, 1.82) is 0 Å². The Labute approximate surface area is 92.3 Å². The first-order chi connectivity index (χ1) is 7.81. The van der Waals surface area contributed by atoms with Crippen LogP contribution in [0, 0.1) is 0 Å². The molecule has 1 aliphatic rings. The number of aryl methyl sites for hydroxylation is 2. The number of H-pyrrole nitrogens is 1. The Morgan fingerprint density at radius 1 is 1.44 bits per heavy atom. The number of nitrogens with two attached hydrogens (primary N) is 1. The summed E-state index contributed by atoms with van der Waals surface area (Å²) < 4.78 is 1.45. The standard InChI is InChI=1S/C11H14N4O/c12-5-15-6-13-10-9(11(15)16)7-3-1-2-4-8(7)14-10/h6,14H,1-5,12H2. The van der Waals surface area contributed by atoms with Gasteiger partial charge in [-0.05, 0) is 31.2 Å². The van der Waals surface area contributed by atoms with Gasteiger partial charge in [-0.1, -0.05) is 0 Å². The molecule has 0 amide bonds. The predicted octanol–water partition coefficient (Wildman–Crippen LogP) is 0.520. The Bertz CT molecular complexity index is 596. The second-order valence-electron chi connectivity index (χ2n) is 4.21. The fourth-order valence-electron chi connectivity index (χ4n) is 2.45. The van der Waals surface area contributed by atoms with Gasteiger partial charge in [-0.15, -0.1) is 0 Å². The average Bonchev–Trinajstić information content (AvgIpc) is 2.68. The molecule has 3 rings (SSSR count). The monoisotopic (exact) mass is 218 g/mol. The molecule has 2 aromatic heterocycles. The van der Waals surface area contributed by atoms with E-state index in [0.717, 1.165) is 30.2 Å². The van der Waals surface area contributed by atoms with E-state index in [4.69, 9.17) is 5.73 Å². The van der Waals surface area contributed by atoms with Gasteiger partial charge in [0.05, 0.1) is 12.1 Å². The van der Waals surface area contributed by atoms with Crippen molar-refractivity contribution in [2.75, 3.05) is 0 Å². The molecule has 3 N–H and O–H groups in total. The molecule has 1 aliphatic carbocycles. The van der Waals surface area contributed by atoms with Crippen molar-refractivity contribution >= 4 is 11.0 Å². The minimum atomic E-state index is -0.0214. The van der Waals surface area contributed by atoms with Crippen molar-refractivity contribution in [2.45, 2.75) is 32.4 Å². The van der Waals surface area contributed by atoms with Crippen LogP contribution >= 0.6 is 0 Å². The fraction of sp³-hybridized carbons (Fsp3) is 0.455. The molecule has 0 saturated carbocycles. The molecule has 0 aromatic carbocycles. The summed E-state index contributed by atoms with van der Waals surface area (Å²) in [5.41, 5.74) is 8.52. The molecular weight excluding hydrogens is 204 g/mol. The zero-order valence-corrected chi connectivity index (χ0v) is 8.99. The minimum Gasteiger partial charge on any atom is -0.343 e. The van der Waals surface area contributed by atoms with Crippen LogP contribution in [0.1, 0.15) is 24.1 Å². The van der Waals surface area contributed by atoms with Gasteiger partial charge in [-0.25, -0.2) is 4.98 Å². The lowest BCUT2D eigenvalue weighted by atomic mass is 9.96. The topological polar surface area (TPSA) is 76.7 Å². The molecule has 0 spiro atoms. The third-order valence-electron chi connectivity index (χ3n) is 3.27. The van der Waals surface area contributed by atoms with E-state index < -0.39 is 0 Å². The van der Waals surface area contributed by atoms with Gasteiger partial charge in [0.1, 0.15) is 12.0 Å². The predicted molar refractivity (Wildman–Crippen MR) is 61.2 cm³/mol. The molecule has 2 heterocycles. The highest BCUT2D eigenvalue weighted by Crippen LogP contribution is 2.25. The summed E-state index contributed by atoms with van der Waals surface area (Å²) in [5.74, 6) is 0. The van der Waals surface area contributed by atoms with Gasteiger partial charge in [0.2, 0.25) is 0 Å². The van der Waals surface area contributed by atoms with Crippen LogP contribution in [0.25, 0.3) is 11.0 Å². The lowest BCUT2D eigenvalue weighted by Gasteiger charge is -2.10. The van der Waals surface area contributed by atoms with Crippen molar-refractivity contribution < 1.29 is 0 Å². The summed E-state index contributed by atoms with van der Waals surface area (Å²) in [5, 5.41) is 0.739. The quantitative estimate of drug-likeness (QED) is 0.732. The summed E-state index contributed by atoms with van der Waals surface area (Å²) in [6.45, 7) is 0.182. The Morgan fingerprint density at radius 3 is 3.06 bits per heavy atom. The average molecular weight is 218 g/mol. The Kier molecular flexibility index (Phi) is 2.07. The molecule has 0 fully saturated rings. The van der Waals surface area contributed by atoms with Crippen molar-refractivity contribution in [3.05, 3.63) is 27.9 Å². The third kappa shape index (κ3) is 1.21. The molecule has 0 atom stereocenters. The van der Waals surface area contributed by atoms with Crippen LogP contribution in [-0.4, -0.2) is 14.5 Å². The van der Waals surface area contributed by atoms with E-state index in [1.807, 2.05) is 0 Å². The zero-order valence-electron chi connectivity index (χ0n) is 8.99. The Hall–Kier alpha value is -1.62. The second-order valence-corrected chi connectivity index (χ2v) is 4.21. The summed E-state index contributed by atoms with van der Waals surface area (Å²) in [4.78, 5) is 19.6. The SMILES string of the molecule is NCn1cnc2[nH]c3c(c2c1=O)CCCC3. The van der Waals surface area contributed by atoms with E-state index in [1.165, 1.54) is 23.0 Å². The van der Waals surface area contributed by atoms with Crippen molar-refractivity contribution in [1.82, 2.24) is 14.5 Å². The van der Waals surface area contributed by atoms with E-state index in [2.05, 4.69) is 9.97 Å². The third-order valence-corrected chi connectivity index (χ3v) is 3.27. The van der Waals surface area contributed by atoms with Gasteiger partial charge in [-0.3, -0.25) is 9.36 Å². The summed E-state index contributed by atoms with van der Waals surface area (Å²) in [7, 11) is 0. The molecular formula is C11H14N4O. The lowest BCUT2D eigenvalue weighted by molar-refractivity contribution is 0.677. The van der Waals surface area contributed by atoms with Gasteiger partial charge in [0, 0.05) is 5.69 Å². The molecule has 5 nitrogen and oxygen atoms in total. The largest absolute Gasteiger partial charge is 0.343 e. The van der Waals surface area contributed by atoms with Gasteiger partial charge in [0.15, 0.2) is 0 Å². The minimum absolute atomic E-state index is 0.0214. The first-order valence-electron chi connectivity index (χ1n) is 5.60. The summed E-state index contributed by atoms with van der Waals surface area (Å²) in [6, 6.07) is 0. The Balaban J connectivity index is 2.37. The molecule has 0 saturated heterocycles. The van der Waals surface area contributed by atoms with Crippen LogP contribution in [0.2, 0.25) is 0 Å². The van der Waals surface area contributed by atoms with E-state index in [1.54, 1.807) is 0 Å². The van der Waals surface area contributed by atoms with Crippen molar-refractivity contribution in [2.24, 2.45) is 5.73 Å². The van der Waals surface area contributed by atoms with Crippen LogP contribution in [-0.2, 0) is 19.5 Å². The molecule has 2 aromatic rings. The first kappa shape index (κ1) is 9.59. The molecule has 16 heavy (non-hydrogen) atoms. The lowest BCUT2D eigenvalue weighted by Crippen LogP contribution is -2.24. The number of hydrogen-bond donors (Lipinski definition) is 2. The van der Waals surface area contributed by atoms with Crippen molar-refractivity contribution in [3.63, 3.8) is 0 Å². The highest BCUT2D eigenvalue weighted by Gasteiger charge is 2.18. The highest BCUT2D eigenvalue weighted by atomic mass is 16.1. The molecule has 5 heteroatoms. The number of nitrogens with zero attached hydrogens (tertiary/aromatic N) is 2. The van der Waals surface area contributed by atoms with E-state index in [0.29, 0.717) is 5.65 Å². The van der Waals surface area contributed by atoms with Crippen LogP contribution < -0.4 is 11.3 Å². The van der Waals surface area contributed by atoms with Gasteiger partial charge in [-0.2, -0.15) is 0 Å². The molecule has 0 aliphatic heterocycles. The van der Waals surface area contributed by atoms with Crippen LogP contribution in [0.15, 0.2) is 11.1 Å². The highest BCUT2D eigenvalue weighted by molar-refractivity contribution is 5.80. The van der Waals surface area contributed by atoms with Crippen LogP contribution in [0.5, 0.6) is 0 Å². The number of aromatic amines is 1. The van der Waals surface area contributed by atoms with Crippen LogP contribution in [0.3, 0.4) is 0 Å². The number of aromatic nitrogens is 3. The Morgan fingerprint density at radius 2 is 2.25 bits per heavy atom. The first-order valence-corrected chi connectivity index (χ1v) is 5.60. The maximum atomic E-state index is 12.1. The molecule has 0 bridgehead atoms. The smallest absolute Gasteiger partial charge is 0.264 e. The van der Waals surface area contributed by atoms with Crippen LogP contribution in [0.4, 0.5) is 0 Å². The molecule has 0 unspecified atom stereocenters. The van der Waals surface area contributed by atoms with Crippen molar-refractivity contribution in [3.8, 4) is 0 Å².